The van der Waals surface area contributed by atoms with E-state index in [0.717, 1.165) is 12.3 Å². The summed E-state index contributed by atoms with van der Waals surface area (Å²) in [4.78, 5) is 11.2. The van der Waals surface area contributed by atoms with E-state index >= 15 is 0 Å². The number of nitrogens with one attached hydrogen (secondary N) is 1. The van der Waals surface area contributed by atoms with E-state index in [2.05, 4.69) is 10.1 Å². The average Bonchev–Trinajstić information content (AvgIpc) is 2.89. The number of ether oxygens (including phenoxy) is 2. The first kappa shape index (κ1) is 11.9. The van der Waals surface area contributed by atoms with Crippen molar-refractivity contribution in [3.8, 4) is 5.75 Å². The molecule has 4 heteroatoms. The second-order valence-electron chi connectivity index (χ2n) is 4.12. The fraction of sp³-hybridized carbons (Fsp3) is 0.462. The first-order valence-electron chi connectivity index (χ1n) is 5.84. The van der Waals surface area contributed by atoms with E-state index in [4.69, 9.17) is 4.74 Å². The SMILES string of the molecule is COC(=O)c1ccc(OC[C@@H]2CCCN2)cc1. The Bertz CT molecular complexity index is 369. The molecule has 1 aliphatic rings. The summed E-state index contributed by atoms with van der Waals surface area (Å²) in [6.45, 7) is 1.76. The summed E-state index contributed by atoms with van der Waals surface area (Å²) in [5, 5.41) is 3.37. The van der Waals surface area contributed by atoms with E-state index in [1.165, 1.54) is 20.0 Å². The van der Waals surface area contributed by atoms with Gasteiger partial charge in [0.1, 0.15) is 12.4 Å². The smallest absolute Gasteiger partial charge is 0.337 e. The Kier molecular flexibility index (Phi) is 3.98. The molecule has 0 radical (unpaired) electrons. The van der Waals surface area contributed by atoms with Gasteiger partial charge in [-0.2, -0.15) is 0 Å². The number of methoxy groups -OCH3 is 1. The maximum Gasteiger partial charge on any atom is 0.337 e. The summed E-state index contributed by atoms with van der Waals surface area (Å²) in [5.74, 6) is 0.459. The molecule has 1 aromatic rings. The summed E-state index contributed by atoms with van der Waals surface area (Å²) >= 11 is 0. The highest BCUT2D eigenvalue weighted by atomic mass is 16.5. The van der Waals surface area contributed by atoms with Gasteiger partial charge in [-0.05, 0) is 43.7 Å². The number of rotatable bonds is 4. The van der Waals surface area contributed by atoms with E-state index in [1.54, 1.807) is 24.3 Å². The van der Waals surface area contributed by atoms with Gasteiger partial charge in [0.05, 0.1) is 12.7 Å². The summed E-state index contributed by atoms with van der Waals surface area (Å²) in [5.41, 5.74) is 0.541. The summed E-state index contributed by atoms with van der Waals surface area (Å²) < 4.78 is 10.3. The highest BCUT2D eigenvalue weighted by Gasteiger charge is 2.14. The molecule has 92 valence electrons. The van der Waals surface area contributed by atoms with Crippen molar-refractivity contribution >= 4 is 5.97 Å². The maximum absolute atomic E-state index is 11.2. The second-order valence-corrected chi connectivity index (χ2v) is 4.12. The fourth-order valence-corrected chi connectivity index (χ4v) is 1.90. The zero-order chi connectivity index (χ0) is 12.1. The van der Waals surface area contributed by atoms with Crippen molar-refractivity contribution in [1.29, 1.82) is 0 Å². The number of hydrogen-bond donors (Lipinski definition) is 1. The molecule has 1 heterocycles. The normalized spacial score (nSPS) is 19.0. The van der Waals surface area contributed by atoms with Crippen LogP contribution in [0.3, 0.4) is 0 Å². The van der Waals surface area contributed by atoms with Crippen LogP contribution in [0.4, 0.5) is 0 Å². The Morgan fingerprint density at radius 2 is 2.18 bits per heavy atom. The predicted octanol–water partition coefficient (Wildman–Crippen LogP) is 1.60. The van der Waals surface area contributed by atoms with Crippen molar-refractivity contribution in [2.75, 3.05) is 20.3 Å². The molecule has 17 heavy (non-hydrogen) atoms. The van der Waals surface area contributed by atoms with Gasteiger partial charge >= 0.3 is 5.97 Å². The third-order valence-electron chi connectivity index (χ3n) is 2.89. The molecule has 0 saturated carbocycles. The van der Waals surface area contributed by atoms with Gasteiger partial charge in [0.2, 0.25) is 0 Å². The van der Waals surface area contributed by atoms with Crippen LogP contribution >= 0.6 is 0 Å². The Balaban J connectivity index is 1.87. The van der Waals surface area contributed by atoms with Gasteiger partial charge in [0.15, 0.2) is 0 Å². The molecular formula is C13H17NO3. The molecule has 0 aromatic heterocycles. The minimum atomic E-state index is -0.325. The van der Waals surface area contributed by atoms with E-state index in [-0.39, 0.29) is 5.97 Å². The Morgan fingerprint density at radius 3 is 2.76 bits per heavy atom. The lowest BCUT2D eigenvalue weighted by molar-refractivity contribution is 0.0600. The van der Waals surface area contributed by atoms with Crippen LogP contribution in [-0.2, 0) is 4.74 Å². The van der Waals surface area contributed by atoms with Gasteiger partial charge in [0.25, 0.3) is 0 Å². The maximum atomic E-state index is 11.2. The van der Waals surface area contributed by atoms with E-state index in [9.17, 15) is 4.79 Å². The molecule has 0 spiro atoms. The van der Waals surface area contributed by atoms with Crippen molar-refractivity contribution < 1.29 is 14.3 Å². The Hall–Kier alpha value is -1.55. The minimum Gasteiger partial charge on any atom is -0.492 e. The zero-order valence-electron chi connectivity index (χ0n) is 9.94. The van der Waals surface area contributed by atoms with Crippen molar-refractivity contribution in [2.45, 2.75) is 18.9 Å². The fourth-order valence-electron chi connectivity index (χ4n) is 1.90. The number of carbonyl (C=O) groups excluding carboxylic acids is 1. The van der Waals surface area contributed by atoms with Gasteiger partial charge in [-0.15, -0.1) is 0 Å². The van der Waals surface area contributed by atoms with Gasteiger partial charge < -0.3 is 14.8 Å². The van der Waals surface area contributed by atoms with Crippen LogP contribution in [0.5, 0.6) is 5.75 Å². The second kappa shape index (κ2) is 5.68. The van der Waals surface area contributed by atoms with Gasteiger partial charge in [-0.25, -0.2) is 4.79 Å². The van der Waals surface area contributed by atoms with Gasteiger partial charge in [-0.3, -0.25) is 0 Å². The molecule has 1 aromatic carbocycles. The molecule has 1 atom stereocenters. The first-order chi connectivity index (χ1) is 8.29. The predicted molar refractivity (Wildman–Crippen MR) is 64.3 cm³/mol. The van der Waals surface area contributed by atoms with Gasteiger partial charge in [-0.1, -0.05) is 0 Å². The van der Waals surface area contributed by atoms with Crippen LogP contribution in [0.2, 0.25) is 0 Å². The van der Waals surface area contributed by atoms with Crippen LogP contribution in [0.15, 0.2) is 24.3 Å². The van der Waals surface area contributed by atoms with Crippen LogP contribution in [-0.4, -0.2) is 32.3 Å². The van der Waals surface area contributed by atoms with E-state index in [0.29, 0.717) is 18.2 Å². The third-order valence-corrected chi connectivity index (χ3v) is 2.89. The lowest BCUT2D eigenvalue weighted by atomic mass is 10.2. The third kappa shape index (κ3) is 3.20. The Morgan fingerprint density at radius 1 is 1.41 bits per heavy atom. The Labute approximate surface area is 101 Å². The largest absolute Gasteiger partial charge is 0.492 e. The topological polar surface area (TPSA) is 47.6 Å². The zero-order valence-corrected chi connectivity index (χ0v) is 9.94. The van der Waals surface area contributed by atoms with Crippen LogP contribution in [0.1, 0.15) is 23.2 Å². The summed E-state index contributed by atoms with van der Waals surface area (Å²) in [6.07, 6.45) is 2.38. The highest BCUT2D eigenvalue weighted by molar-refractivity contribution is 5.89. The molecular weight excluding hydrogens is 218 g/mol. The average molecular weight is 235 g/mol. The molecule has 1 fully saturated rings. The lowest BCUT2D eigenvalue weighted by Crippen LogP contribution is -2.28. The van der Waals surface area contributed by atoms with Crippen molar-refractivity contribution in [2.24, 2.45) is 0 Å². The number of benzene rings is 1. The summed E-state index contributed by atoms with van der Waals surface area (Å²) in [6, 6.07) is 7.46. The highest BCUT2D eigenvalue weighted by Crippen LogP contribution is 2.14. The molecule has 1 aliphatic heterocycles. The quantitative estimate of drug-likeness (QED) is 0.805. The number of esters is 1. The minimum absolute atomic E-state index is 0.325. The molecule has 0 unspecified atom stereocenters. The first-order valence-corrected chi connectivity index (χ1v) is 5.84. The number of hydrogen-bond acceptors (Lipinski definition) is 4. The van der Waals surface area contributed by atoms with Gasteiger partial charge in [0, 0.05) is 6.04 Å². The van der Waals surface area contributed by atoms with E-state index < -0.39 is 0 Å². The molecule has 0 bridgehead atoms. The van der Waals surface area contributed by atoms with Crippen LogP contribution in [0.25, 0.3) is 0 Å². The summed E-state index contributed by atoms with van der Waals surface area (Å²) in [7, 11) is 1.37. The van der Waals surface area contributed by atoms with Crippen molar-refractivity contribution in [1.82, 2.24) is 5.32 Å². The monoisotopic (exact) mass is 235 g/mol. The van der Waals surface area contributed by atoms with Crippen molar-refractivity contribution in [3.05, 3.63) is 29.8 Å². The van der Waals surface area contributed by atoms with Crippen molar-refractivity contribution in [3.63, 3.8) is 0 Å². The van der Waals surface area contributed by atoms with E-state index in [1.807, 2.05) is 0 Å². The molecule has 2 rings (SSSR count). The van der Waals surface area contributed by atoms with Crippen LogP contribution in [0, 0.1) is 0 Å². The molecule has 1 N–H and O–H groups in total. The molecule has 0 aliphatic carbocycles. The van der Waals surface area contributed by atoms with Crippen LogP contribution < -0.4 is 10.1 Å². The number of carbonyl (C=O) groups is 1. The molecule has 1 saturated heterocycles. The standard InChI is InChI=1S/C13H17NO3/c1-16-13(15)10-4-6-12(7-5-10)17-9-11-3-2-8-14-11/h4-7,11,14H,2-3,8-9H2,1H3/t11-/m0/s1. The molecule has 0 amide bonds. The lowest BCUT2D eigenvalue weighted by Gasteiger charge is -2.12. The molecule has 4 nitrogen and oxygen atoms in total.